The molecule has 8 heteroatoms. The van der Waals surface area contributed by atoms with Gasteiger partial charge < -0.3 is 19.7 Å². The highest BCUT2D eigenvalue weighted by Crippen LogP contribution is 2.40. The molecule has 2 aromatic heterocycles. The van der Waals surface area contributed by atoms with Crippen LogP contribution in [0.4, 0.5) is 4.39 Å². The number of halogens is 1. The van der Waals surface area contributed by atoms with Crippen LogP contribution in [0.2, 0.25) is 0 Å². The van der Waals surface area contributed by atoms with Gasteiger partial charge in [-0.05, 0) is 43.7 Å². The Kier molecular flexibility index (Phi) is 4.95. The lowest BCUT2D eigenvalue weighted by Gasteiger charge is -2.31. The fourth-order valence-corrected chi connectivity index (χ4v) is 4.73. The van der Waals surface area contributed by atoms with Crippen LogP contribution in [0.15, 0.2) is 29.1 Å². The molecule has 0 saturated heterocycles. The molecule has 0 unspecified atom stereocenters. The number of esters is 1. The standard InChI is InChI=1S/C25H24FN3O4/c1-4-25(32)18-9-21-22-16(11-29(21)23(30)17(18)12-33-24(25)31)14(6-5-7-27-3)15-8-13(2)19(26)10-20(15)28-22/h5-6,8-10,27,32H,4,7,11-12H2,1-3H3/b6-5+/t25-/m0/s1. The van der Waals surface area contributed by atoms with Crippen molar-refractivity contribution in [1.29, 1.82) is 0 Å². The van der Waals surface area contributed by atoms with E-state index in [0.717, 1.165) is 16.5 Å². The van der Waals surface area contributed by atoms with E-state index in [4.69, 9.17) is 9.72 Å². The van der Waals surface area contributed by atoms with Gasteiger partial charge in [0.15, 0.2) is 5.60 Å². The molecule has 2 aliphatic rings. The molecule has 33 heavy (non-hydrogen) atoms. The van der Waals surface area contributed by atoms with Crippen LogP contribution in [0.3, 0.4) is 0 Å². The molecule has 0 fully saturated rings. The summed E-state index contributed by atoms with van der Waals surface area (Å²) in [5.74, 6) is -1.12. The predicted octanol–water partition coefficient (Wildman–Crippen LogP) is 2.76. The minimum absolute atomic E-state index is 0.0717. The number of carbonyl (C=O) groups is 1. The summed E-state index contributed by atoms with van der Waals surface area (Å²) in [5.41, 5.74) is 2.07. The number of carbonyl (C=O) groups excluding carboxylic acids is 1. The summed E-state index contributed by atoms with van der Waals surface area (Å²) in [7, 11) is 1.84. The van der Waals surface area contributed by atoms with Gasteiger partial charge in [-0.25, -0.2) is 14.2 Å². The van der Waals surface area contributed by atoms with Gasteiger partial charge in [-0.15, -0.1) is 0 Å². The number of ether oxygens (including phenoxy) is 1. The summed E-state index contributed by atoms with van der Waals surface area (Å²) in [4.78, 5) is 30.5. The molecule has 0 radical (unpaired) electrons. The van der Waals surface area contributed by atoms with Crippen molar-refractivity contribution in [1.82, 2.24) is 14.9 Å². The number of aromatic nitrogens is 2. The van der Waals surface area contributed by atoms with Gasteiger partial charge in [0, 0.05) is 29.1 Å². The van der Waals surface area contributed by atoms with E-state index in [1.807, 2.05) is 19.2 Å². The quantitative estimate of drug-likeness (QED) is 0.466. The Balaban J connectivity index is 1.82. The van der Waals surface area contributed by atoms with Crippen LogP contribution in [0, 0.1) is 12.7 Å². The molecule has 170 valence electrons. The van der Waals surface area contributed by atoms with Crippen LogP contribution < -0.4 is 10.9 Å². The Bertz CT molecular complexity index is 1430. The highest BCUT2D eigenvalue weighted by atomic mass is 19.1. The normalized spacial score (nSPS) is 19.0. The topological polar surface area (TPSA) is 93.5 Å². The van der Waals surface area contributed by atoms with Crippen LogP contribution in [-0.2, 0) is 28.3 Å². The Morgan fingerprint density at radius 1 is 1.30 bits per heavy atom. The zero-order valence-electron chi connectivity index (χ0n) is 18.7. The van der Waals surface area contributed by atoms with Gasteiger partial charge in [-0.3, -0.25) is 4.79 Å². The third kappa shape index (κ3) is 3.05. The molecular formula is C25H24FN3O4. The number of likely N-dealkylation sites (N-methyl/N-ethyl adjacent to an activating group) is 1. The molecule has 3 aromatic rings. The van der Waals surface area contributed by atoms with Crippen LogP contribution in [0.1, 0.15) is 41.2 Å². The molecule has 0 amide bonds. The number of nitrogens with zero attached hydrogens (tertiary/aromatic N) is 2. The van der Waals surface area contributed by atoms with Crippen molar-refractivity contribution in [2.75, 3.05) is 13.6 Å². The van der Waals surface area contributed by atoms with Gasteiger partial charge in [0.2, 0.25) is 0 Å². The molecule has 2 aliphatic heterocycles. The maximum absolute atomic E-state index is 14.4. The van der Waals surface area contributed by atoms with E-state index in [2.05, 4.69) is 5.32 Å². The van der Waals surface area contributed by atoms with E-state index in [-0.39, 0.29) is 42.1 Å². The Morgan fingerprint density at radius 2 is 2.09 bits per heavy atom. The molecular weight excluding hydrogens is 425 g/mol. The van der Waals surface area contributed by atoms with Gasteiger partial charge in [-0.2, -0.15) is 0 Å². The third-order valence-corrected chi connectivity index (χ3v) is 6.62. The molecule has 4 heterocycles. The molecule has 0 spiro atoms. The summed E-state index contributed by atoms with van der Waals surface area (Å²) >= 11 is 0. The van der Waals surface area contributed by atoms with E-state index in [1.165, 1.54) is 6.07 Å². The number of benzene rings is 1. The van der Waals surface area contributed by atoms with Crippen LogP contribution >= 0.6 is 0 Å². The first kappa shape index (κ1) is 21.5. The molecule has 1 atom stereocenters. The number of hydrogen-bond acceptors (Lipinski definition) is 6. The van der Waals surface area contributed by atoms with Crippen molar-refractivity contribution >= 4 is 22.9 Å². The number of nitrogens with one attached hydrogen (secondary N) is 1. The number of pyridine rings is 2. The monoisotopic (exact) mass is 449 g/mol. The van der Waals surface area contributed by atoms with Crippen LogP contribution in [-0.4, -0.2) is 34.2 Å². The Labute approximate surface area is 189 Å². The fourth-order valence-electron chi connectivity index (χ4n) is 4.73. The van der Waals surface area contributed by atoms with Crippen molar-refractivity contribution < 1.29 is 19.0 Å². The highest BCUT2D eigenvalue weighted by molar-refractivity contribution is 5.94. The molecule has 1 aromatic carbocycles. The Hall–Kier alpha value is -3.36. The summed E-state index contributed by atoms with van der Waals surface area (Å²) < 4.78 is 21.1. The first-order valence-corrected chi connectivity index (χ1v) is 10.9. The molecule has 0 bridgehead atoms. The first-order chi connectivity index (χ1) is 15.8. The zero-order chi connectivity index (χ0) is 23.5. The number of cyclic esters (lactones) is 1. The average Bonchev–Trinajstić information content (AvgIpc) is 3.16. The molecule has 0 aliphatic carbocycles. The second-order valence-corrected chi connectivity index (χ2v) is 8.53. The van der Waals surface area contributed by atoms with Crippen molar-refractivity contribution in [3.63, 3.8) is 0 Å². The smallest absolute Gasteiger partial charge is 0.343 e. The van der Waals surface area contributed by atoms with Crippen molar-refractivity contribution in [3.8, 4) is 11.4 Å². The second-order valence-electron chi connectivity index (χ2n) is 8.53. The Morgan fingerprint density at radius 3 is 2.82 bits per heavy atom. The summed E-state index contributed by atoms with van der Waals surface area (Å²) in [6.07, 6.45) is 4.00. The summed E-state index contributed by atoms with van der Waals surface area (Å²) in [6, 6.07) is 4.84. The highest BCUT2D eigenvalue weighted by Gasteiger charge is 2.45. The lowest BCUT2D eigenvalue weighted by molar-refractivity contribution is -0.172. The maximum Gasteiger partial charge on any atom is 0.343 e. The molecule has 5 rings (SSSR count). The zero-order valence-corrected chi connectivity index (χ0v) is 18.7. The van der Waals surface area contributed by atoms with Crippen molar-refractivity contribution in [2.45, 2.75) is 39.0 Å². The maximum atomic E-state index is 14.4. The fraction of sp³-hybridized carbons (Fsp3) is 0.320. The van der Waals surface area contributed by atoms with Gasteiger partial charge >= 0.3 is 5.97 Å². The first-order valence-electron chi connectivity index (χ1n) is 10.9. The molecule has 7 nitrogen and oxygen atoms in total. The summed E-state index contributed by atoms with van der Waals surface area (Å²) in [6.45, 7) is 4.12. The third-order valence-electron chi connectivity index (χ3n) is 6.62. The lowest BCUT2D eigenvalue weighted by Crippen LogP contribution is -2.44. The van der Waals surface area contributed by atoms with E-state index < -0.39 is 11.6 Å². The second kappa shape index (κ2) is 7.60. The average molecular weight is 449 g/mol. The van der Waals surface area contributed by atoms with Crippen molar-refractivity contribution in [3.05, 3.63) is 68.3 Å². The predicted molar refractivity (Wildman–Crippen MR) is 122 cm³/mol. The lowest BCUT2D eigenvalue weighted by atomic mass is 9.86. The van der Waals surface area contributed by atoms with E-state index >= 15 is 0 Å². The number of aliphatic hydroxyl groups is 1. The minimum atomic E-state index is -1.89. The largest absolute Gasteiger partial charge is 0.458 e. The molecule has 2 N–H and O–H groups in total. The minimum Gasteiger partial charge on any atom is -0.458 e. The van der Waals surface area contributed by atoms with Crippen LogP contribution in [0.25, 0.3) is 28.4 Å². The van der Waals surface area contributed by atoms with Gasteiger partial charge in [-0.1, -0.05) is 19.1 Å². The van der Waals surface area contributed by atoms with E-state index in [1.54, 1.807) is 30.5 Å². The number of hydrogen-bond donors (Lipinski definition) is 2. The van der Waals surface area contributed by atoms with Gasteiger partial charge in [0.25, 0.3) is 5.56 Å². The number of aryl methyl sites for hydroxylation is 1. The van der Waals surface area contributed by atoms with E-state index in [9.17, 15) is 19.1 Å². The van der Waals surface area contributed by atoms with Gasteiger partial charge in [0.05, 0.1) is 29.0 Å². The van der Waals surface area contributed by atoms with Crippen molar-refractivity contribution in [2.24, 2.45) is 0 Å². The SMILES string of the molecule is CC[C@@]1(O)C(=O)OCc2c1cc1n(c2=O)Cc2c-1nc1cc(F)c(C)cc1c2/C=C/CNC. The summed E-state index contributed by atoms with van der Waals surface area (Å²) in [5, 5.41) is 14.9. The van der Waals surface area contributed by atoms with Gasteiger partial charge in [0.1, 0.15) is 12.4 Å². The van der Waals surface area contributed by atoms with Crippen LogP contribution in [0.5, 0.6) is 0 Å². The number of rotatable bonds is 4. The number of fused-ring (bicyclic) bond motifs is 5. The molecule has 0 saturated carbocycles. The van der Waals surface area contributed by atoms with E-state index in [0.29, 0.717) is 29.0 Å².